The van der Waals surface area contributed by atoms with Crippen molar-refractivity contribution >= 4 is 5.69 Å². The fourth-order valence-electron chi connectivity index (χ4n) is 1.55. The molecule has 9 heteroatoms. The first-order valence-corrected chi connectivity index (χ1v) is 5.92. The van der Waals surface area contributed by atoms with Crippen LogP contribution in [0.2, 0.25) is 0 Å². The molecule has 0 spiro atoms. The van der Waals surface area contributed by atoms with Gasteiger partial charge in [-0.25, -0.2) is 8.78 Å². The lowest BCUT2D eigenvalue weighted by molar-refractivity contribution is 0.328. The van der Waals surface area contributed by atoms with E-state index in [4.69, 9.17) is 4.74 Å². The van der Waals surface area contributed by atoms with E-state index in [0.717, 1.165) is 18.2 Å². The van der Waals surface area contributed by atoms with Crippen LogP contribution in [-0.4, -0.2) is 18.1 Å². The summed E-state index contributed by atoms with van der Waals surface area (Å²) in [7, 11) is 0. The van der Waals surface area contributed by atoms with Crippen LogP contribution in [0.25, 0.3) is 0 Å². The second-order valence-electron chi connectivity index (χ2n) is 4.05. The van der Waals surface area contributed by atoms with Crippen molar-refractivity contribution in [2.24, 2.45) is 0 Å². The number of aromatic nitrogens is 1. The number of benzene rings is 1. The maximum absolute atomic E-state index is 13.3. The molecule has 1 aromatic heterocycles. The number of hydrogen-bond donors (Lipinski definition) is 1. The minimum absolute atomic E-state index is 0.0197. The Labute approximate surface area is 120 Å². The summed E-state index contributed by atoms with van der Waals surface area (Å²) in [5.41, 5.74) is -1.03. The van der Waals surface area contributed by atoms with Gasteiger partial charge in [0.1, 0.15) is 18.0 Å². The minimum atomic E-state index is -1.79. The Balaban J connectivity index is 1.96. The number of nitrogens with one attached hydrogen (secondary N) is 1. The third-order valence-corrected chi connectivity index (χ3v) is 2.56. The van der Waals surface area contributed by atoms with Gasteiger partial charge >= 0.3 is 0 Å². The average molecular weight is 322 g/mol. The molecule has 1 aromatic carbocycles. The third-order valence-electron chi connectivity index (χ3n) is 2.56. The van der Waals surface area contributed by atoms with E-state index >= 15 is 0 Å². The van der Waals surface area contributed by atoms with Gasteiger partial charge in [-0.3, -0.25) is 0 Å². The minimum Gasteiger partial charge on any atom is -0.492 e. The molecule has 0 bridgehead atoms. The van der Waals surface area contributed by atoms with Crippen LogP contribution in [0.4, 0.5) is 32.0 Å². The smallest absolute Gasteiger partial charge is 0.253 e. The highest BCUT2D eigenvalue weighted by molar-refractivity contribution is 5.45. The van der Waals surface area contributed by atoms with Crippen molar-refractivity contribution in [3.05, 3.63) is 53.4 Å². The molecule has 118 valence electrons. The van der Waals surface area contributed by atoms with Crippen molar-refractivity contribution in [2.45, 2.75) is 0 Å². The van der Waals surface area contributed by atoms with Gasteiger partial charge in [-0.2, -0.15) is 22.5 Å². The largest absolute Gasteiger partial charge is 0.492 e. The molecule has 0 aliphatic carbocycles. The van der Waals surface area contributed by atoms with Crippen LogP contribution >= 0.6 is 0 Å². The van der Waals surface area contributed by atoms with E-state index in [-0.39, 0.29) is 18.9 Å². The topological polar surface area (TPSA) is 34.1 Å². The number of anilines is 1. The summed E-state index contributed by atoms with van der Waals surface area (Å²) < 4.78 is 82.7. The van der Waals surface area contributed by atoms with Crippen LogP contribution < -0.4 is 10.1 Å². The van der Waals surface area contributed by atoms with Gasteiger partial charge in [0.15, 0.2) is 11.6 Å². The summed E-state index contributed by atoms with van der Waals surface area (Å²) in [4.78, 5) is 2.40. The zero-order valence-electron chi connectivity index (χ0n) is 10.8. The molecule has 2 aromatic rings. The van der Waals surface area contributed by atoms with Crippen LogP contribution in [0.5, 0.6) is 5.75 Å². The standard InChI is InChI=1S/C13H8F6N2O/c14-7-2-1-6(5-8(7)15)22-4-3-20-11-9(16)12(18)21-13(19)10(11)17/h1-2,5H,3-4H2,(H,20,21). The predicted octanol–water partition coefficient (Wildman–Crippen LogP) is 3.41. The highest BCUT2D eigenvalue weighted by atomic mass is 19.2. The molecule has 0 amide bonds. The number of pyridine rings is 1. The van der Waals surface area contributed by atoms with Crippen molar-refractivity contribution < 1.29 is 31.1 Å². The van der Waals surface area contributed by atoms with Crippen LogP contribution in [0, 0.1) is 35.2 Å². The summed E-state index contributed by atoms with van der Waals surface area (Å²) in [5, 5.41) is 2.10. The molecule has 1 heterocycles. The molecule has 0 unspecified atom stereocenters. The van der Waals surface area contributed by atoms with Crippen LogP contribution in [-0.2, 0) is 0 Å². The summed E-state index contributed by atoms with van der Waals surface area (Å²) in [6, 6.07) is 2.76. The molecule has 22 heavy (non-hydrogen) atoms. The fraction of sp³-hybridized carbons (Fsp3) is 0.154. The summed E-state index contributed by atoms with van der Waals surface area (Å²) in [5.74, 6) is -9.13. The molecule has 2 rings (SSSR count). The number of rotatable bonds is 5. The molecular weight excluding hydrogens is 314 g/mol. The maximum atomic E-state index is 13.3. The molecule has 0 aliphatic heterocycles. The first-order valence-electron chi connectivity index (χ1n) is 5.92. The van der Waals surface area contributed by atoms with Crippen LogP contribution in [0.15, 0.2) is 18.2 Å². The van der Waals surface area contributed by atoms with Gasteiger partial charge in [-0.05, 0) is 12.1 Å². The lowest BCUT2D eigenvalue weighted by atomic mass is 10.3. The van der Waals surface area contributed by atoms with Gasteiger partial charge in [-0.15, -0.1) is 0 Å². The molecular formula is C13H8F6N2O. The number of halogens is 6. The second-order valence-corrected chi connectivity index (χ2v) is 4.05. The quantitative estimate of drug-likeness (QED) is 0.520. The molecule has 0 fully saturated rings. The van der Waals surface area contributed by atoms with Gasteiger partial charge < -0.3 is 10.1 Å². The molecule has 0 saturated carbocycles. The van der Waals surface area contributed by atoms with E-state index in [0.29, 0.717) is 0 Å². The molecule has 1 N–H and O–H groups in total. The first-order chi connectivity index (χ1) is 10.4. The molecule has 0 radical (unpaired) electrons. The van der Waals surface area contributed by atoms with E-state index < -0.39 is 40.9 Å². The first kappa shape index (κ1) is 15.9. The average Bonchev–Trinajstić information content (AvgIpc) is 2.48. The molecule has 0 aliphatic rings. The fourth-order valence-corrected chi connectivity index (χ4v) is 1.55. The van der Waals surface area contributed by atoms with Gasteiger partial charge in [0.2, 0.25) is 11.6 Å². The SMILES string of the molecule is Fc1ccc(OCCNc2c(F)c(F)nc(F)c2F)cc1F. The Morgan fingerprint density at radius 3 is 2.14 bits per heavy atom. The molecule has 0 atom stereocenters. The second kappa shape index (κ2) is 6.54. The number of nitrogens with zero attached hydrogens (tertiary/aromatic N) is 1. The Morgan fingerprint density at radius 2 is 1.55 bits per heavy atom. The maximum Gasteiger partial charge on any atom is 0.253 e. The Bertz CT molecular complexity index is 668. The van der Waals surface area contributed by atoms with Crippen LogP contribution in [0.3, 0.4) is 0 Å². The Morgan fingerprint density at radius 1 is 0.909 bits per heavy atom. The van der Waals surface area contributed by atoms with Crippen molar-refractivity contribution in [2.75, 3.05) is 18.5 Å². The number of ether oxygens (including phenoxy) is 1. The van der Waals surface area contributed by atoms with E-state index in [9.17, 15) is 26.3 Å². The summed E-state index contributed by atoms with van der Waals surface area (Å²) in [6.45, 7) is -0.481. The molecule has 3 nitrogen and oxygen atoms in total. The van der Waals surface area contributed by atoms with Crippen molar-refractivity contribution in [1.82, 2.24) is 4.98 Å². The predicted molar refractivity (Wildman–Crippen MR) is 64.4 cm³/mol. The lowest BCUT2D eigenvalue weighted by Gasteiger charge is -2.10. The van der Waals surface area contributed by atoms with E-state index in [1.165, 1.54) is 0 Å². The highest BCUT2D eigenvalue weighted by Crippen LogP contribution is 2.21. The van der Waals surface area contributed by atoms with Crippen molar-refractivity contribution in [3.63, 3.8) is 0 Å². The Kier molecular flexibility index (Phi) is 4.74. The van der Waals surface area contributed by atoms with Gasteiger partial charge in [0, 0.05) is 12.6 Å². The zero-order chi connectivity index (χ0) is 16.3. The van der Waals surface area contributed by atoms with Gasteiger partial charge in [0.25, 0.3) is 11.9 Å². The van der Waals surface area contributed by atoms with Crippen molar-refractivity contribution in [1.29, 1.82) is 0 Å². The Hall–Kier alpha value is -2.45. The molecule has 0 saturated heterocycles. The van der Waals surface area contributed by atoms with Gasteiger partial charge in [0.05, 0.1) is 0 Å². The van der Waals surface area contributed by atoms with Crippen LogP contribution in [0.1, 0.15) is 0 Å². The number of hydrogen-bond acceptors (Lipinski definition) is 3. The normalized spacial score (nSPS) is 10.6. The highest BCUT2D eigenvalue weighted by Gasteiger charge is 2.20. The lowest BCUT2D eigenvalue weighted by Crippen LogP contribution is -2.15. The van der Waals surface area contributed by atoms with Gasteiger partial charge in [-0.1, -0.05) is 0 Å². The van der Waals surface area contributed by atoms with Crippen molar-refractivity contribution in [3.8, 4) is 5.75 Å². The zero-order valence-corrected chi connectivity index (χ0v) is 10.8. The van der Waals surface area contributed by atoms with E-state index in [2.05, 4.69) is 10.3 Å². The summed E-state index contributed by atoms with van der Waals surface area (Å²) in [6.07, 6.45) is 0. The van der Waals surface area contributed by atoms with E-state index in [1.807, 2.05) is 0 Å². The summed E-state index contributed by atoms with van der Waals surface area (Å²) >= 11 is 0. The monoisotopic (exact) mass is 322 g/mol. The third kappa shape index (κ3) is 3.41. The van der Waals surface area contributed by atoms with E-state index in [1.54, 1.807) is 0 Å².